The number of halogens is 1. The van der Waals surface area contributed by atoms with E-state index in [1.165, 1.54) is 12.2 Å². The van der Waals surface area contributed by atoms with E-state index in [9.17, 15) is 5.26 Å². The number of alkyl halides is 1. The number of fused-ring (bicyclic) bond motifs is 1. The summed E-state index contributed by atoms with van der Waals surface area (Å²) >= 11 is 8.30. The number of rotatable bonds is 2. The van der Waals surface area contributed by atoms with Gasteiger partial charge in [0.1, 0.15) is 17.4 Å². The quantitative estimate of drug-likeness (QED) is 0.778. The van der Waals surface area contributed by atoms with Crippen LogP contribution in [0, 0.1) is 11.3 Å². The van der Waals surface area contributed by atoms with Crippen LogP contribution in [-0.4, -0.2) is 21.1 Å². The Morgan fingerprint density at radius 2 is 2.40 bits per heavy atom. The molecule has 0 amide bonds. The minimum atomic E-state index is -0.152. The van der Waals surface area contributed by atoms with Gasteiger partial charge in [-0.15, -0.1) is 11.6 Å². The molecule has 2 unspecified atom stereocenters. The first kappa shape index (κ1) is 13.8. The van der Waals surface area contributed by atoms with Crippen molar-refractivity contribution in [2.24, 2.45) is 0 Å². The molecule has 1 aromatic carbocycles. The summed E-state index contributed by atoms with van der Waals surface area (Å²) in [6.45, 7) is 1.95. The molecule has 3 rings (SSSR count). The van der Waals surface area contributed by atoms with Gasteiger partial charge in [0.05, 0.1) is 16.5 Å². The van der Waals surface area contributed by atoms with Crippen molar-refractivity contribution in [3.05, 3.63) is 29.6 Å². The number of benzene rings is 1. The largest absolute Gasteiger partial charge is 0.323 e. The van der Waals surface area contributed by atoms with Gasteiger partial charge in [-0.1, -0.05) is 6.07 Å². The first-order valence-corrected chi connectivity index (χ1v) is 8.44. The van der Waals surface area contributed by atoms with E-state index in [4.69, 9.17) is 11.6 Å². The lowest BCUT2D eigenvalue weighted by Crippen LogP contribution is -2.18. The Bertz CT molecular complexity index is 666. The highest BCUT2D eigenvalue weighted by Crippen LogP contribution is 2.35. The predicted octanol–water partition coefficient (Wildman–Crippen LogP) is 4.28. The third-order valence-corrected chi connectivity index (χ3v) is 5.12. The molecular weight excluding hydrogens is 290 g/mol. The molecule has 0 radical (unpaired) electrons. The van der Waals surface area contributed by atoms with Gasteiger partial charge in [0.15, 0.2) is 0 Å². The number of nitriles is 1. The topological polar surface area (TPSA) is 41.6 Å². The molecule has 2 heterocycles. The van der Waals surface area contributed by atoms with E-state index >= 15 is 0 Å². The van der Waals surface area contributed by atoms with E-state index in [1.54, 1.807) is 0 Å². The van der Waals surface area contributed by atoms with Crippen LogP contribution in [0.15, 0.2) is 18.2 Å². The van der Waals surface area contributed by atoms with Crippen molar-refractivity contribution in [1.29, 1.82) is 5.26 Å². The second-order valence-electron chi connectivity index (χ2n) is 5.11. The molecule has 2 aromatic rings. The number of hydrogen-bond donors (Lipinski definition) is 0. The minimum Gasteiger partial charge on any atom is -0.323 e. The summed E-state index contributed by atoms with van der Waals surface area (Å²) in [4.78, 5) is 4.66. The summed E-state index contributed by atoms with van der Waals surface area (Å²) in [6, 6.07) is 8.45. The smallest absolute Gasteiger partial charge is 0.128 e. The average molecular weight is 306 g/mol. The normalized spacial score (nSPS) is 20.8. The number of imidazole rings is 1. The van der Waals surface area contributed by atoms with Crippen molar-refractivity contribution in [3.63, 3.8) is 0 Å². The maximum atomic E-state index is 9.25. The molecule has 1 aromatic heterocycles. The van der Waals surface area contributed by atoms with E-state index in [0.29, 0.717) is 11.6 Å². The number of hydrogen-bond acceptors (Lipinski definition) is 3. The first-order valence-electron chi connectivity index (χ1n) is 6.85. The minimum absolute atomic E-state index is 0.152. The molecule has 2 atom stereocenters. The molecule has 5 heteroatoms. The Hall–Kier alpha value is -1.18. The summed E-state index contributed by atoms with van der Waals surface area (Å²) in [5, 5.41) is 9.10. The monoisotopic (exact) mass is 305 g/mol. The highest BCUT2D eigenvalue weighted by atomic mass is 35.5. The van der Waals surface area contributed by atoms with Crippen LogP contribution < -0.4 is 0 Å². The summed E-state index contributed by atoms with van der Waals surface area (Å²) in [5.74, 6) is 3.22. The number of para-hydroxylation sites is 1. The molecular formula is C15H16ClN3S. The van der Waals surface area contributed by atoms with Crippen LogP contribution in [0.25, 0.3) is 11.0 Å². The van der Waals surface area contributed by atoms with Gasteiger partial charge in [-0.25, -0.2) is 4.98 Å². The molecule has 0 aliphatic carbocycles. The van der Waals surface area contributed by atoms with Gasteiger partial charge < -0.3 is 4.57 Å². The van der Waals surface area contributed by atoms with Gasteiger partial charge in [0, 0.05) is 11.8 Å². The standard InChI is InChI=1S/C15H16ClN3S/c1-10(16)15-18-14-11(8-17)4-2-6-13(14)19(15)12-5-3-7-20-9-12/h2,4,6,10,12H,3,5,7,9H2,1H3. The van der Waals surface area contributed by atoms with Crippen molar-refractivity contribution in [1.82, 2.24) is 9.55 Å². The SMILES string of the molecule is CC(Cl)c1nc2c(C#N)cccc2n1C1CCCSC1. The summed E-state index contributed by atoms with van der Waals surface area (Å²) in [7, 11) is 0. The van der Waals surface area contributed by atoms with Crippen molar-refractivity contribution in [3.8, 4) is 6.07 Å². The summed E-state index contributed by atoms with van der Waals surface area (Å²) in [6.07, 6.45) is 2.38. The third kappa shape index (κ3) is 2.30. The Morgan fingerprint density at radius 1 is 1.55 bits per heavy atom. The second-order valence-corrected chi connectivity index (χ2v) is 6.92. The van der Waals surface area contributed by atoms with Crippen LogP contribution in [0.1, 0.15) is 42.6 Å². The molecule has 0 saturated carbocycles. The van der Waals surface area contributed by atoms with Crippen LogP contribution in [0.2, 0.25) is 0 Å². The van der Waals surface area contributed by atoms with Gasteiger partial charge in [0.2, 0.25) is 0 Å². The van der Waals surface area contributed by atoms with E-state index in [-0.39, 0.29) is 5.38 Å². The number of nitrogens with zero attached hydrogens (tertiary/aromatic N) is 3. The van der Waals surface area contributed by atoms with Crippen LogP contribution >= 0.6 is 23.4 Å². The lowest BCUT2D eigenvalue weighted by Gasteiger charge is -2.25. The molecule has 0 spiro atoms. The van der Waals surface area contributed by atoms with Gasteiger partial charge in [-0.2, -0.15) is 17.0 Å². The van der Waals surface area contributed by atoms with E-state index in [1.807, 2.05) is 36.9 Å². The zero-order valence-corrected chi connectivity index (χ0v) is 12.9. The van der Waals surface area contributed by atoms with Crippen molar-refractivity contribution in [2.45, 2.75) is 31.2 Å². The fraction of sp³-hybridized carbons (Fsp3) is 0.467. The van der Waals surface area contributed by atoms with Crippen LogP contribution in [-0.2, 0) is 0 Å². The fourth-order valence-electron chi connectivity index (χ4n) is 2.82. The van der Waals surface area contributed by atoms with E-state index in [2.05, 4.69) is 15.6 Å². The Labute approximate surface area is 127 Å². The van der Waals surface area contributed by atoms with Crippen LogP contribution in [0.3, 0.4) is 0 Å². The lowest BCUT2D eigenvalue weighted by molar-refractivity contribution is 0.493. The zero-order valence-electron chi connectivity index (χ0n) is 11.3. The van der Waals surface area contributed by atoms with Crippen molar-refractivity contribution < 1.29 is 0 Å². The maximum Gasteiger partial charge on any atom is 0.128 e. The number of thioether (sulfide) groups is 1. The average Bonchev–Trinajstić information content (AvgIpc) is 2.87. The van der Waals surface area contributed by atoms with Crippen molar-refractivity contribution in [2.75, 3.05) is 11.5 Å². The van der Waals surface area contributed by atoms with Gasteiger partial charge >= 0.3 is 0 Å². The van der Waals surface area contributed by atoms with E-state index in [0.717, 1.165) is 29.0 Å². The highest BCUT2D eigenvalue weighted by molar-refractivity contribution is 7.99. The van der Waals surface area contributed by atoms with Crippen molar-refractivity contribution >= 4 is 34.4 Å². The van der Waals surface area contributed by atoms with Gasteiger partial charge in [0.25, 0.3) is 0 Å². The second kappa shape index (κ2) is 5.67. The molecule has 3 nitrogen and oxygen atoms in total. The molecule has 1 aliphatic heterocycles. The lowest BCUT2D eigenvalue weighted by atomic mass is 10.1. The van der Waals surface area contributed by atoms with Gasteiger partial charge in [-0.3, -0.25) is 0 Å². The Balaban J connectivity index is 2.22. The Kier molecular flexibility index (Phi) is 3.91. The van der Waals surface area contributed by atoms with Crippen LogP contribution in [0.5, 0.6) is 0 Å². The predicted molar refractivity (Wildman–Crippen MR) is 84.3 cm³/mol. The molecule has 1 fully saturated rings. The molecule has 1 saturated heterocycles. The summed E-state index contributed by atoms with van der Waals surface area (Å²) in [5.41, 5.74) is 2.45. The molecule has 0 N–H and O–H groups in total. The van der Waals surface area contributed by atoms with Crippen LogP contribution in [0.4, 0.5) is 0 Å². The zero-order chi connectivity index (χ0) is 14.1. The van der Waals surface area contributed by atoms with E-state index < -0.39 is 0 Å². The molecule has 104 valence electrons. The summed E-state index contributed by atoms with van der Waals surface area (Å²) < 4.78 is 2.26. The highest BCUT2D eigenvalue weighted by Gasteiger charge is 2.24. The Morgan fingerprint density at radius 3 is 3.05 bits per heavy atom. The van der Waals surface area contributed by atoms with Gasteiger partial charge in [-0.05, 0) is 37.7 Å². The third-order valence-electron chi connectivity index (χ3n) is 3.73. The molecule has 0 bridgehead atoms. The first-order chi connectivity index (χ1) is 9.72. The molecule has 1 aliphatic rings. The maximum absolute atomic E-state index is 9.25. The molecule has 20 heavy (non-hydrogen) atoms. The number of aromatic nitrogens is 2. The fourth-order valence-corrected chi connectivity index (χ4v) is 4.10.